The third-order valence-corrected chi connectivity index (χ3v) is 5.12. The number of fused-ring (bicyclic) bond motifs is 1. The van der Waals surface area contributed by atoms with Crippen molar-refractivity contribution in [3.63, 3.8) is 0 Å². The minimum atomic E-state index is -0.0450. The summed E-state index contributed by atoms with van der Waals surface area (Å²) in [6.07, 6.45) is 3.25. The van der Waals surface area contributed by atoms with Crippen LogP contribution in [0.25, 0.3) is 0 Å². The third kappa shape index (κ3) is 4.00. The maximum absolute atomic E-state index is 12.3. The molecular weight excluding hydrogens is 334 g/mol. The molecule has 136 valence electrons. The molecule has 0 aliphatic carbocycles. The van der Waals surface area contributed by atoms with Crippen molar-refractivity contribution in [1.29, 1.82) is 0 Å². The Morgan fingerprint density at radius 3 is 2.59 bits per heavy atom. The molecule has 4 rings (SSSR count). The highest BCUT2D eigenvalue weighted by molar-refractivity contribution is 5.91. The summed E-state index contributed by atoms with van der Waals surface area (Å²) in [5, 5.41) is 2.89. The highest BCUT2D eigenvalue weighted by atomic mass is 16.1. The van der Waals surface area contributed by atoms with Gasteiger partial charge in [-0.05, 0) is 47.7 Å². The molecule has 0 radical (unpaired) electrons. The second-order valence-electron chi connectivity index (χ2n) is 6.99. The van der Waals surface area contributed by atoms with Crippen LogP contribution in [0.15, 0.2) is 66.9 Å². The van der Waals surface area contributed by atoms with Crippen LogP contribution in [-0.4, -0.2) is 17.4 Å². The summed E-state index contributed by atoms with van der Waals surface area (Å²) in [5.74, 6) is 0.547. The molecule has 4 nitrogen and oxygen atoms in total. The van der Waals surface area contributed by atoms with E-state index in [1.165, 1.54) is 11.1 Å². The maximum Gasteiger partial charge on any atom is 0.229 e. The Morgan fingerprint density at radius 2 is 1.81 bits per heavy atom. The first-order chi connectivity index (χ1) is 13.2. The molecule has 0 atom stereocenters. The van der Waals surface area contributed by atoms with Crippen LogP contribution < -0.4 is 10.2 Å². The van der Waals surface area contributed by atoms with Gasteiger partial charge in [-0.3, -0.25) is 4.79 Å². The van der Waals surface area contributed by atoms with E-state index in [4.69, 9.17) is 0 Å². The number of pyridine rings is 1. The number of carbonyl (C=O) groups excluding carboxylic acids is 1. The predicted octanol–water partition coefficient (Wildman–Crippen LogP) is 4.13. The molecule has 2 heterocycles. The van der Waals surface area contributed by atoms with E-state index in [0.717, 1.165) is 36.3 Å². The first-order valence-corrected chi connectivity index (χ1v) is 9.31. The number of nitrogens with one attached hydrogen (secondary N) is 1. The van der Waals surface area contributed by atoms with Crippen molar-refractivity contribution in [3.8, 4) is 0 Å². The fourth-order valence-corrected chi connectivity index (χ4v) is 3.53. The van der Waals surface area contributed by atoms with E-state index in [0.29, 0.717) is 12.2 Å². The molecule has 2 aromatic carbocycles. The highest BCUT2D eigenvalue weighted by Gasteiger charge is 2.16. The van der Waals surface area contributed by atoms with Crippen LogP contribution in [0.4, 0.5) is 11.5 Å². The van der Waals surface area contributed by atoms with Crippen molar-refractivity contribution in [2.75, 3.05) is 16.8 Å². The fraction of sp³-hybridized carbons (Fsp3) is 0.217. The van der Waals surface area contributed by atoms with E-state index in [-0.39, 0.29) is 5.91 Å². The van der Waals surface area contributed by atoms with Crippen molar-refractivity contribution in [2.24, 2.45) is 0 Å². The minimum Gasteiger partial charge on any atom is -0.366 e. The molecule has 0 unspecified atom stereocenters. The topological polar surface area (TPSA) is 45.2 Å². The van der Waals surface area contributed by atoms with Gasteiger partial charge in [0.15, 0.2) is 0 Å². The zero-order valence-electron chi connectivity index (χ0n) is 15.5. The van der Waals surface area contributed by atoms with Gasteiger partial charge in [-0.15, -0.1) is 0 Å². The van der Waals surface area contributed by atoms with Gasteiger partial charge in [0.05, 0.1) is 18.3 Å². The van der Waals surface area contributed by atoms with Gasteiger partial charge in [0.25, 0.3) is 0 Å². The smallest absolute Gasteiger partial charge is 0.229 e. The van der Waals surface area contributed by atoms with Gasteiger partial charge in [-0.2, -0.15) is 0 Å². The zero-order chi connectivity index (χ0) is 18.6. The average Bonchev–Trinajstić information content (AvgIpc) is 2.70. The van der Waals surface area contributed by atoms with E-state index in [1.807, 2.05) is 49.5 Å². The molecule has 27 heavy (non-hydrogen) atoms. The Morgan fingerprint density at radius 1 is 1.04 bits per heavy atom. The standard InChI is InChI=1S/C23H23N3O/c1-17-6-2-3-8-19(17)14-23(27)25-22-11-10-21(15-24-22)26-13-12-18-7-4-5-9-20(18)16-26/h2-11,15H,12-14,16H2,1H3,(H,24,25,27). The number of aromatic nitrogens is 1. The van der Waals surface area contributed by atoms with E-state index in [1.54, 1.807) is 0 Å². The van der Waals surface area contributed by atoms with Crippen molar-refractivity contribution in [2.45, 2.75) is 26.3 Å². The number of nitrogens with zero attached hydrogens (tertiary/aromatic N) is 2. The second-order valence-corrected chi connectivity index (χ2v) is 6.99. The summed E-state index contributed by atoms with van der Waals surface area (Å²) in [6.45, 7) is 3.90. The summed E-state index contributed by atoms with van der Waals surface area (Å²) >= 11 is 0. The number of amides is 1. The van der Waals surface area contributed by atoms with Crippen LogP contribution in [-0.2, 0) is 24.2 Å². The molecule has 4 heteroatoms. The molecule has 0 saturated carbocycles. The monoisotopic (exact) mass is 357 g/mol. The average molecular weight is 357 g/mol. The van der Waals surface area contributed by atoms with Crippen LogP contribution in [0.2, 0.25) is 0 Å². The number of anilines is 2. The number of rotatable bonds is 4. The molecule has 0 saturated heterocycles. The molecule has 0 spiro atoms. The Balaban J connectivity index is 1.39. The molecule has 3 aromatic rings. The second kappa shape index (κ2) is 7.62. The van der Waals surface area contributed by atoms with Crippen LogP contribution in [0.3, 0.4) is 0 Å². The zero-order valence-corrected chi connectivity index (χ0v) is 15.5. The van der Waals surface area contributed by atoms with Gasteiger partial charge in [0.1, 0.15) is 5.82 Å². The Bertz CT molecular complexity index is 950. The third-order valence-electron chi connectivity index (χ3n) is 5.12. The summed E-state index contributed by atoms with van der Waals surface area (Å²) in [7, 11) is 0. The summed E-state index contributed by atoms with van der Waals surface area (Å²) in [4.78, 5) is 19.1. The van der Waals surface area contributed by atoms with E-state index >= 15 is 0 Å². The number of hydrogen-bond donors (Lipinski definition) is 1. The Kier molecular flexibility index (Phi) is 4.88. The summed E-state index contributed by atoms with van der Waals surface area (Å²) in [6, 6.07) is 20.4. The van der Waals surface area contributed by atoms with Crippen LogP contribution in [0.1, 0.15) is 22.3 Å². The molecule has 0 bridgehead atoms. The van der Waals surface area contributed by atoms with Gasteiger partial charge in [0.2, 0.25) is 5.91 Å². The summed E-state index contributed by atoms with van der Waals surface area (Å²) < 4.78 is 0. The Labute approximate surface area is 159 Å². The van der Waals surface area contributed by atoms with E-state index in [9.17, 15) is 4.79 Å². The largest absolute Gasteiger partial charge is 0.366 e. The fourth-order valence-electron chi connectivity index (χ4n) is 3.53. The van der Waals surface area contributed by atoms with Crippen molar-refractivity contribution in [3.05, 3.63) is 89.1 Å². The SMILES string of the molecule is Cc1ccccc1CC(=O)Nc1ccc(N2CCc3ccccc3C2)cn1. The first-order valence-electron chi connectivity index (χ1n) is 9.31. The minimum absolute atomic E-state index is 0.0450. The quantitative estimate of drug-likeness (QED) is 0.763. The molecule has 1 aliphatic rings. The number of hydrogen-bond acceptors (Lipinski definition) is 3. The molecule has 1 aromatic heterocycles. The molecule has 1 aliphatic heterocycles. The van der Waals surface area contributed by atoms with E-state index in [2.05, 4.69) is 39.5 Å². The molecule has 1 N–H and O–H groups in total. The molecular formula is C23H23N3O. The van der Waals surface area contributed by atoms with Crippen LogP contribution in [0.5, 0.6) is 0 Å². The predicted molar refractivity (Wildman–Crippen MR) is 109 cm³/mol. The lowest BCUT2D eigenvalue weighted by Crippen LogP contribution is -2.30. The maximum atomic E-state index is 12.3. The Hall–Kier alpha value is -3.14. The lowest BCUT2D eigenvalue weighted by molar-refractivity contribution is -0.115. The number of benzene rings is 2. The van der Waals surface area contributed by atoms with Gasteiger partial charge in [0, 0.05) is 13.1 Å². The lowest BCUT2D eigenvalue weighted by Gasteiger charge is -2.30. The van der Waals surface area contributed by atoms with E-state index < -0.39 is 0 Å². The van der Waals surface area contributed by atoms with Gasteiger partial charge in [-0.25, -0.2) is 4.98 Å². The number of carbonyl (C=O) groups is 1. The normalized spacial score (nSPS) is 13.1. The molecule has 0 fully saturated rings. The van der Waals surface area contributed by atoms with Crippen LogP contribution >= 0.6 is 0 Å². The summed E-state index contributed by atoms with van der Waals surface area (Å²) in [5.41, 5.74) is 6.06. The lowest BCUT2D eigenvalue weighted by atomic mass is 10.00. The molecule has 1 amide bonds. The van der Waals surface area contributed by atoms with Crippen molar-refractivity contribution >= 4 is 17.4 Å². The highest BCUT2D eigenvalue weighted by Crippen LogP contribution is 2.24. The van der Waals surface area contributed by atoms with Gasteiger partial charge in [-0.1, -0.05) is 48.5 Å². The van der Waals surface area contributed by atoms with Crippen LogP contribution in [0, 0.1) is 6.92 Å². The van der Waals surface area contributed by atoms with Crippen molar-refractivity contribution in [1.82, 2.24) is 4.98 Å². The van der Waals surface area contributed by atoms with Crippen molar-refractivity contribution < 1.29 is 4.79 Å². The number of aryl methyl sites for hydroxylation is 1. The van der Waals surface area contributed by atoms with Gasteiger partial charge >= 0.3 is 0 Å². The first kappa shape index (κ1) is 17.3. The van der Waals surface area contributed by atoms with Gasteiger partial charge < -0.3 is 10.2 Å².